The Morgan fingerprint density at radius 1 is 1.29 bits per heavy atom. The second kappa shape index (κ2) is 7.70. The lowest BCUT2D eigenvalue weighted by Gasteiger charge is -2.23. The number of hydrogen-bond donors (Lipinski definition) is 2. The summed E-state index contributed by atoms with van der Waals surface area (Å²) in [7, 11) is 0. The molecule has 0 aromatic heterocycles. The number of hydrogen-bond acceptors (Lipinski definition) is 2. The number of carboxylic acid groups (broad SMARTS) is 1. The van der Waals surface area contributed by atoms with Crippen molar-refractivity contribution in [2.75, 3.05) is 6.54 Å². The van der Waals surface area contributed by atoms with Crippen LogP contribution in [0.4, 0.5) is 0 Å². The molecule has 17 heavy (non-hydrogen) atoms. The summed E-state index contributed by atoms with van der Waals surface area (Å²) in [5, 5.41) is 12.3. The molecule has 0 saturated heterocycles. The first-order valence-corrected chi connectivity index (χ1v) is 7.05. The first-order chi connectivity index (χ1) is 8.09. The van der Waals surface area contributed by atoms with Crippen molar-refractivity contribution >= 4 is 5.97 Å². The summed E-state index contributed by atoms with van der Waals surface area (Å²) in [5.74, 6) is 0.547. The Morgan fingerprint density at radius 3 is 2.47 bits per heavy atom. The van der Waals surface area contributed by atoms with Gasteiger partial charge in [-0.25, -0.2) is 0 Å². The molecule has 3 heteroatoms. The molecular formula is C14H27NO2. The summed E-state index contributed by atoms with van der Waals surface area (Å²) in [6.45, 7) is 4.99. The van der Waals surface area contributed by atoms with Gasteiger partial charge in [0.15, 0.2) is 0 Å². The lowest BCUT2D eigenvalue weighted by atomic mass is 9.87. The fraction of sp³-hybridized carbons (Fsp3) is 0.929. The van der Waals surface area contributed by atoms with Crippen LogP contribution in [0.15, 0.2) is 0 Å². The molecule has 1 atom stereocenters. The molecule has 100 valence electrons. The van der Waals surface area contributed by atoms with Crippen LogP contribution in [0.1, 0.15) is 58.8 Å². The molecule has 0 aliphatic heterocycles. The minimum atomic E-state index is -0.706. The van der Waals surface area contributed by atoms with Crippen molar-refractivity contribution < 1.29 is 9.90 Å². The number of rotatable bonds is 7. The van der Waals surface area contributed by atoms with Gasteiger partial charge in [-0.2, -0.15) is 0 Å². The van der Waals surface area contributed by atoms with E-state index in [2.05, 4.69) is 19.2 Å². The molecule has 0 radical (unpaired) electrons. The van der Waals surface area contributed by atoms with Gasteiger partial charge in [-0.15, -0.1) is 0 Å². The number of carbonyl (C=O) groups is 1. The molecule has 0 bridgehead atoms. The largest absolute Gasteiger partial charge is 0.480 e. The van der Waals surface area contributed by atoms with E-state index in [4.69, 9.17) is 5.11 Å². The Balaban J connectivity index is 2.19. The van der Waals surface area contributed by atoms with Crippen LogP contribution in [0.25, 0.3) is 0 Å². The van der Waals surface area contributed by atoms with E-state index in [1.54, 1.807) is 0 Å². The molecule has 3 nitrogen and oxygen atoms in total. The smallest absolute Gasteiger partial charge is 0.320 e. The average Bonchev–Trinajstić information content (AvgIpc) is 2.28. The van der Waals surface area contributed by atoms with E-state index in [0.717, 1.165) is 25.3 Å². The van der Waals surface area contributed by atoms with Crippen LogP contribution in [-0.4, -0.2) is 23.7 Å². The first-order valence-electron chi connectivity index (χ1n) is 7.05. The lowest BCUT2D eigenvalue weighted by molar-refractivity contribution is -0.139. The monoisotopic (exact) mass is 241 g/mol. The maximum absolute atomic E-state index is 11.1. The van der Waals surface area contributed by atoms with Crippen LogP contribution >= 0.6 is 0 Å². The van der Waals surface area contributed by atoms with Crippen molar-refractivity contribution in [2.24, 2.45) is 11.8 Å². The zero-order chi connectivity index (χ0) is 12.7. The predicted molar refractivity (Wildman–Crippen MR) is 70.1 cm³/mol. The maximum Gasteiger partial charge on any atom is 0.320 e. The highest BCUT2D eigenvalue weighted by Gasteiger charge is 2.19. The third-order valence-corrected chi connectivity index (χ3v) is 3.67. The van der Waals surface area contributed by atoms with Crippen molar-refractivity contribution in [3.05, 3.63) is 0 Å². The topological polar surface area (TPSA) is 49.3 Å². The Morgan fingerprint density at radius 2 is 1.94 bits per heavy atom. The van der Waals surface area contributed by atoms with Gasteiger partial charge in [0, 0.05) is 0 Å². The summed E-state index contributed by atoms with van der Waals surface area (Å²) < 4.78 is 0. The molecular weight excluding hydrogens is 214 g/mol. The summed E-state index contributed by atoms with van der Waals surface area (Å²) >= 11 is 0. The van der Waals surface area contributed by atoms with Crippen molar-refractivity contribution in [1.29, 1.82) is 0 Å². The molecule has 0 amide bonds. The number of nitrogens with one attached hydrogen (secondary N) is 1. The van der Waals surface area contributed by atoms with Crippen molar-refractivity contribution in [2.45, 2.75) is 64.8 Å². The highest BCUT2D eigenvalue weighted by Crippen LogP contribution is 2.25. The van der Waals surface area contributed by atoms with Crippen LogP contribution in [0, 0.1) is 11.8 Å². The van der Waals surface area contributed by atoms with E-state index in [1.165, 1.54) is 32.1 Å². The van der Waals surface area contributed by atoms with Crippen molar-refractivity contribution in [3.8, 4) is 0 Å². The maximum atomic E-state index is 11.1. The molecule has 0 unspecified atom stereocenters. The Kier molecular flexibility index (Phi) is 6.56. The predicted octanol–water partition coefficient (Wildman–Crippen LogP) is 3.05. The Hall–Kier alpha value is -0.570. The van der Waals surface area contributed by atoms with E-state index >= 15 is 0 Å². The summed E-state index contributed by atoms with van der Waals surface area (Å²) in [6.07, 6.45) is 8.64. The zero-order valence-corrected chi connectivity index (χ0v) is 11.2. The first kappa shape index (κ1) is 14.5. The Labute approximate surface area is 105 Å². The quantitative estimate of drug-likeness (QED) is 0.720. The van der Waals surface area contributed by atoms with E-state index in [0.29, 0.717) is 5.92 Å². The molecule has 1 saturated carbocycles. The molecule has 0 spiro atoms. The second-order valence-corrected chi connectivity index (χ2v) is 5.77. The number of carboxylic acids is 1. The van der Waals surface area contributed by atoms with Gasteiger partial charge in [0.25, 0.3) is 0 Å². The third kappa shape index (κ3) is 6.06. The molecule has 1 aliphatic carbocycles. The van der Waals surface area contributed by atoms with Crippen LogP contribution < -0.4 is 5.32 Å². The summed E-state index contributed by atoms with van der Waals surface area (Å²) in [6, 6.07) is -0.362. The van der Waals surface area contributed by atoms with Gasteiger partial charge in [-0.1, -0.05) is 46.0 Å². The Bertz CT molecular complexity index is 222. The van der Waals surface area contributed by atoms with E-state index in [9.17, 15) is 4.79 Å². The number of aliphatic carboxylic acids is 1. The molecule has 1 aliphatic rings. The molecule has 0 aromatic rings. The zero-order valence-electron chi connectivity index (χ0n) is 11.2. The van der Waals surface area contributed by atoms with Gasteiger partial charge >= 0.3 is 5.97 Å². The van der Waals surface area contributed by atoms with Crippen LogP contribution in [0.3, 0.4) is 0 Å². The van der Waals surface area contributed by atoms with E-state index in [-0.39, 0.29) is 6.04 Å². The van der Waals surface area contributed by atoms with Gasteiger partial charge in [-0.05, 0) is 31.2 Å². The minimum absolute atomic E-state index is 0.362. The van der Waals surface area contributed by atoms with Crippen LogP contribution in [0.2, 0.25) is 0 Å². The fourth-order valence-corrected chi connectivity index (χ4v) is 2.68. The van der Waals surface area contributed by atoms with Gasteiger partial charge in [-0.3, -0.25) is 4.79 Å². The lowest BCUT2D eigenvalue weighted by Crippen LogP contribution is -2.38. The fourth-order valence-electron chi connectivity index (χ4n) is 2.68. The standard InChI is InChI=1S/C14H27NO2/c1-11(2)10-13(14(16)17)15-9-8-12-6-4-3-5-7-12/h11-13,15H,3-10H2,1-2H3,(H,16,17)/t13-/m0/s1. The van der Waals surface area contributed by atoms with E-state index in [1.807, 2.05) is 0 Å². The molecule has 2 N–H and O–H groups in total. The molecule has 1 fully saturated rings. The van der Waals surface area contributed by atoms with Crippen LogP contribution in [0.5, 0.6) is 0 Å². The normalized spacial score (nSPS) is 19.5. The summed E-state index contributed by atoms with van der Waals surface area (Å²) in [4.78, 5) is 11.1. The van der Waals surface area contributed by atoms with Crippen molar-refractivity contribution in [1.82, 2.24) is 5.32 Å². The highest BCUT2D eigenvalue weighted by molar-refractivity contribution is 5.73. The van der Waals surface area contributed by atoms with Crippen molar-refractivity contribution in [3.63, 3.8) is 0 Å². The van der Waals surface area contributed by atoms with Crippen LogP contribution in [-0.2, 0) is 4.79 Å². The summed E-state index contributed by atoms with van der Waals surface area (Å²) in [5.41, 5.74) is 0. The van der Waals surface area contributed by atoms with Gasteiger partial charge in [0.1, 0.15) is 6.04 Å². The third-order valence-electron chi connectivity index (χ3n) is 3.67. The van der Waals surface area contributed by atoms with E-state index < -0.39 is 5.97 Å². The molecule has 0 heterocycles. The van der Waals surface area contributed by atoms with Gasteiger partial charge in [0.2, 0.25) is 0 Å². The van der Waals surface area contributed by atoms with Gasteiger partial charge < -0.3 is 10.4 Å². The van der Waals surface area contributed by atoms with Gasteiger partial charge in [0.05, 0.1) is 0 Å². The second-order valence-electron chi connectivity index (χ2n) is 5.77. The SMILES string of the molecule is CC(C)C[C@H](NCCC1CCCCC1)C(=O)O. The highest BCUT2D eigenvalue weighted by atomic mass is 16.4. The molecule has 0 aromatic carbocycles. The average molecular weight is 241 g/mol. The molecule has 1 rings (SSSR count). The minimum Gasteiger partial charge on any atom is -0.480 e.